The average molecular weight is 287 g/mol. The first kappa shape index (κ1) is 16.1. The van der Waals surface area contributed by atoms with Crippen LogP contribution in [0.25, 0.3) is 0 Å². The molecule has 0 saturated heterocycles. The van der Waals surface area contributed by atoms with Crippen molar-refractivity contribution >= 4 is 10.0 Å². The lowest BCUT2D eigenvalue weighted by atomic mass is 10.2. The zero-order valence-corrected chi connectivity index (χ0v) is 12.1. The summed E-state index contributed by atoms with van der Waals surface area (Å²) in [5.74, 6) is 0. The number of hydrogen-bond donors (Lipinski definition) is 2. The molecule has 1 aromatic rings. The van der Waals surface area contributed by atoms with Crippen molar-refractivity contribution in [1.29, 1.82) is 0 Å². The van der Waals surface area contributed by atoms with Gasteiger partial charge in [0.1, 0.15) is 0 Å². The number of nitrogens with zero attached hydrogens (tertiary/aromatic N) is 1. The molecule has 0 aliphatic rings. The minimum Gasteiger partial charge on any atom is -0.364 e. The van der Waals surface area contributed by atoms with Crippen molar-refractivity contribution in [3.63, 3.8) is 0 Å². The van der Waals surface area contributed by atoms with E-state index in [9.17, 15) is 8.42 Å². The molecular weight excluding hydrogens is 266 g/mol. The van der Waals surface area contributed by atoms with E-state index < -0.39 is 16.3 Å². The van der Waals surface area contributed by atoms with Gasteiger partial charge in [-0.3, -0.25) is 0 Å². The Balaban J connectivity index is 3.03. The molecule has 0 amide bonds. The number of rotatable bonds is 7. The van der Waals surface area contributed by atoms with Gasteiger partial charge in [0.15, 0.2) is 6.29 Å². The van der Waals surface area contributed by atoms with E-state index >= 15 is 0 Å². The van der Waals surface area contributed by atoms with Gasteiger partial charge in [-0.1, -0.05) is 26.0 Å². The molecule has 1 rings (SSSR count). The van der Waals surface area contributed by atoms with E-state index in [4.69, 9.17) is 10.2 Å². The number of hydrogen-bond acceptors (Lipinski definition) is 4. The maximum atomic E-state index is 12.4. The number of benzene rings is 1. The fourth-order valence-electron chi connectivity index (χ4n) is 1.81. The number of aliphatic hydroxyl groups is 2. The van der Waals surface area contributed by atoms with Crippen molar-refractivity contribution in [2.45, 2.75) is 37.9 Å². The molecule has 0 aliphatic heterocycles. The highest BCUT2D eigenvalue weighted by Gasteiger charge is 2.22. The SMILES string of the molecule is CCCN(CCC)S(=O)(=O)c1ccc(C(O)O)cc1. The van der Waals surface area contributed by atoms with Gasteiger partial charge in [-0.2, -0.15) is 4.31 Å². The largest absolute Gasteiger partial charge is 0.364 e. The Morgan fingerprint density at radius 3 is 1.89 bits per heavy atom. The minimum atomic E-state index is -3.50. The summed E-state index contributed by atoms with van der Waals surface area (Å²) in [7, 11) is -3.50. The lowest BCUT2D eigenvalue weighted by Crippen LogP contribution is -2.32. The van der Waals surface area contributed by atoms with Gasteiger partial charge < -0.3 is 10.2 Å². The molecule has 2 N–H and O–H groups in total. The van der Waals surface area contributed by atoms with Crippen LogP contribution in [0.1, 0.15) is 38.5 Å². The Morgan fingerprint density at radius 1 is 1.05 bits per heavy atom. The van der Waals surface area contributed by atoms with Gasteiger partial charge >= 0.3 is 0 Å². The van der Waals surface area contributed by atoms with E-state index in [1.807, 2.05) is 13.8 Å². The van der Waals surface area contributed by atoms with Crippen molar-refractivity contribution in [2.24, 2.45) is 0 Å². The molecule has 0 heterocycles. The Labute approximate surface area is 114 Å². The van der Waals surface area contributed by atoms with Crippen LogP contribution in [-0.2, 0) is 10.0 Å². The molecular formula is C13H21NO4S. The summed E-state index contributed by atoms with van der Waals surface area (Å²) in [5, 5.41) is 18.0. The second kappa shape index (κ2) is 7.00. The Morgan fingerprint density at radius 2 is 1.53 bits per heavy atom. The van der Waals surface area contributed by atoms with Gasteiger partial charge in [0.25, 0.3) is 0 Å². The molecule has 0 spiro atoms. The normalized spacial score (nSPS) is 12.3. The van der Waals surface area contributed by atoms with E-state index in [-0.39, 0.29) is 10.5 Å². The summed E-state index contributed by atoms with van der Waals surface area (Å²) in [5.41, 5.74) is 0.275. The summed E-state index contributed by atoms with van der Waals surface area (Å²) in [4.78, 5) is 0.179. The Kier molecular flexibility index (Phi) is 5.93. The predicted molar refractivity (Wildman–Crippen MR) is 73.0 cm³/mol. The molecule has 0 unspecified atom stereocenters. The predicted octanol–water partition coefficient (Wildman–Crippen LogP) is 1.48. The monoisotopic (exact) mass is 287 g/mol. The molecule has 0 bridgehead atoms. The van der Waals surface area contributed by atoms with Gasteiger partial charge in [0, 0.05) is 18.7 Å². The van der Waals surface area contributed by atoms with E-state index in [0.717, 1.165) is 12.8 Å². The van der Waals surface area contributed by atoms with Gasteiger partial charge in [-0.15, -0.1) is 0 Å². The molecule has 5 nitrogen and oxygen atoms in total. The molecule has 108 valence electrons. The maximum Gasteiger partial charge on any atom is 0.243 e. The summed E-state index contributed by atoms with van der Waals surface area (Å²) >= 11 is 0. The van der Waals surface area contributed by atoms with Crippen molar-refractivity contribution in [3.05, 3.63) is 29.8 Å². The van der Waals surface area contributed by atoms with E-state index in [1.165, 1.54) is 28.6 Å². The topological polar surface area (TPSA) is 77.8 Å². The minimum absolute atomic E-state index is 0.179. The fraction of sp³-hybridized carbons (Fsp3) is 0.538. The van der Waals surface area contributed by atoms with Crippen LogP contribution >= 0.6 is 0 Å². The smallest absolute Gasteiger partial charge is 0.243 e. The van der Waals surface area contributed by atoms with Crippen molar-refractivity contribution in [2.75, 3.05) is 13.1 Å². The standard InChI is InChI=1S/C13H21NO4S/c1-3-9-14(10-4-2)19(17,18)12-7-5-11(6-8-12)13(15)16/h5-8,13,15-16H,3-4,9-10H2,1-2H3. The second-order valence-corrected chi connectivity index (χ2v) is 6.28. The van der Waals surface area contributed by atoms with Crippen molar-refractivity contribution in [3.8, 4) is 0 Å². The first-order valence-electron chi connectivity index (χ1n) is 6.39. The Hall–Kier alpha value is -0.950. The molecule has 0 atom stereocenters. The maximum absolute atomic E-state index is 12.4. The molecule has 0 saturated carbocycles. The van der Waals surface area contributed by atoms with Crippen LogP contribution in [0.5, 0.6) is 0 Å². The lowest BCUT2D eigenvalue weighted by molar-refractivity contribution is -0.0425. The van der Waals surface area contributed by atoms with Crippen molar-refractivity contribution < 1.29 is 18.6 Å². The summed E-state index contributed by atoms with van der Waals surface area (Å²) in [6.07, 6.45) is -0.0709. The third-order valence-electron chi connectivity index (χ3n) is 2.76. The number of aliphatic hydroxyl groups excluding tert-OH is 1. The quantitative estimate of drug-likeness (QED) is 0.745. The van der Waals surface area contributed by atoms with Crippen LogP contribution < -0.4 is 0 Å². The molecule has 0 radical (unpaired) electrons. The molecule has 0 aromatic heterocycles. The van der Waals surface area contributed by atoms with E-state index in [2.05, 4.69) is 0 Å². The van der Waals surface area contributed by atoms with Crippen molar-refractivity contribution in [1.82, 2.24) is 4.31 Å². The van der Waals surface area contributed by atoms with Gasteiger partial charge in [0.2, 0.25) is 10.0 Å². The Bertz CT molecular complexity index is 476. The average Bonchev–Trinajstić information content (AvgIpc) is 2.38. The van der Waals surface area contributed by atoms with Gasteiger partial charge in [-0.25, -0.2) is 8.42 Å². The van der Waals surface area contributed by atoms with Crippen LogP contribution in [0, 0.1) is 0 Å². The van der Waals surface area contributed by atoms with Crippen LogP contribution in [0.3, 0.4) is 0 Å². The highest BCUT2D eigenvalue weighted by atomic mass is 32.2. The summed E-state index contributed by atoms with van der Waals surface area (Å²) < 4.78 is 26.2. The third-order valence-corrected chi connectivity index (χ3v) is 4.67. The molecule has 0 fully saturated rings. The lowest BCUT2D eigenvalue weighted by Gasteiger charge is -2.21. The van der Waals surface area contributed by atoms with E-state index in [1.54, 1.807) is 0 Å². The highest BCUT2D eigenvalue weighted by Crippen LogP contribution is 2.19. The third kappa shape index (κ3) is 4.01. The van der Waals surface area contributed by atoms with Crippen LogP contribution in [0.4, 0.5) is 0 Å². The van der Waals surface area contributed by atoms with Crippen LogP contribution in [-0.4, -0.2) is 36.0 Å². The second-order valence-electron chi connectivity index (χ2n) is 4.35. The molecule has 19 heavy (non-hydrogen) atoms. The fourth-order valence-corrected chi connectivity index (χ4v) is 3.44. The zero-order valence-electron chi connectivity index (χ0n) is 11.3. The summed E-state index contributed by atoms with van der Waals surface area (Å²) in [6, 6.07) is 5.63. The van der Waals surface area contributed by atoms with E-state index in [0.29, 0.717) is 13.1 Å². The number of sulfonamides is 1. The molecule has 0 aliphatic carbocycles. The van der Waals surface area contributed by atoms with Gasteiger partial charge in [-0.05, 0) is 25.0 Å². The first-order chi connectivity index (χ1) is 8.93. The zero-order chi connectivity index (χ0) is 14.5. The van der Waals surface area contributed by atoms with Gasteiger partial charge in [0.05, 0.1) is 4.90 Å². The highest BCUT2D eigenvalue weighted by molar-refractivity contribution is 7.89. The summed E-state index contributed by atoms with van der Waals surface area (Å²) in [6.45, 7) is 4.84. The van der Waals surface area contributed by atoms with Crippen LogP contribution in [0.2, 0.25) is 0 Å². The molecule has 6 heteroatoms. The molecule has 1 aromatic carbocycles. The first-order valence-corrected chi connectivity index (χ1v) is 7.83. The van der Waals surface area contributed by atoms with Crippen LogP contribution in [0.15, 0.2) is 29.2 Å².